The number of hydrogen-bond acceptors (Lipinski definition) is 2. The molecular weight excluding hydrogens is 895 g/mol. The van der Waals surface area contributed by atoms with Gasteiger partial charge in [-0.25, -0.2) is 0 Å². The molecule has 15 rings (SSSR count). The first-order valence-electron chi connectivity index (χ1n) is 25.6. The van der Waals surface area contributed by atoms with Crippen LogP contribution in [0.1, 0.15) is 22.3 Å². The predicted octanol–water partition coefficient (Wildman–Crippen LogP) is 18.9. The quantitative estimate of drug-likeness (QED) is 0.150. The summed E-state index contributed by atoms with van der Waals surface area (Å²) in [6.07, 6.45) is 0. The minimum absolute atomic E-state index is 0.543. The van der Waals surface area contributed by atoms with Crippen LogP contribution in [0.15, 0.2) is 285 Å². The summed E-state index contributed by atoms with van der Waals surface area (Å²) in [5.74, 6) is 0. The van der Waals surface area contributed by atoms with Gasteiger partial charge < -0.3 is 14.4 Å². The third-order valence-corrected chi connectivity index (χ3v) is 15.8. The largest absolute Gasteiger partial charge is 0.310 e. The lowest BCUT2D eigenvalue weighted by atomic mass is 9.67. The summed E-state index contributed by atoms with van der Waals surface area (Å²) in [6.45, 7) is 0. The molecule has 2 aliphatic rings. The van der Waals surface area contributed by atoms with Gasteiger partial charge in [0.05, 0.1) is 27.8 Å². The van der Waals surface area contributed by atoms with Gasteiger partial charge in [0.15, 0.2) is 0 Å². The number of nitrogens with zero attached hydrogens (tertiary/aromatic N) is 3. The van der Waals surface area contributed by atoms with E-state index in [0.29, 0.717) is 0 Å². The van der Waals surface area contributed by atoms with Gasteiger partial charge in [-0.1, -0.05) is 200 Å². The fraction of sp³-hybridized carbons (Fsp3) is 0.0141. The van der Waals surface area contributed by atoms with Crippen molar-refractivity contribution < 1.29 is 0 Å². The van der Waals surface area contributed by atoms with Crippen LogP contribution in [0.2, 0.25) is 0 Å². The van der Waals surface area contributed by atoms with Crippen LogP contribution >= 0.6 is 0 Å². The molecule has 0 amide bonds. The summed E-state index contributed by atoms with van der Waals surface area (Å²) < 4.78 is 2.39. The Kier molecular flexibility index (Phi) is 9.48. The van der Waals surface area contributed by atoms with Crippen LogP contribution in [-0.2, 0) is 5.41 Å². The summed E-state index contributed by atoms with van der Waals surface area (Å²) in [7, 11) is 0. The lowest BCUT2D eigenvalue weighted by Crippen LogP contribution is -2.28. The second kappa shape index (κ2) is 16.7. The van der Waals surface area contributed by atoms with E-state index < -0.39 is 5.41 Å². The molecule has 1 aliphatic heterocycles. The Morgan fingerprint density at radius 3 is 1.58 bits per heavy atom. The van der Waals surface area contributed by atoms with Crippen molar-refractivity contribution in [3.63, 3.8) is 0 Å². The normalized spacial score (nSPS) is 12.9. The van der Waals surface area contributed by atoms with Crippen LogP contribution in [0, 0.1) is 0 Å². The van der Waals surface area contributed by atoms with Crippen molar-refractivity contribution in [3.8, 4) is 39.1 Å². The van der Waals surface area contributed by atoms with E-state index in [1.807, 2.05) is 0 Å². The fourth-order valence-corrected chi connectivity index (χ4v) is 12.7. The Morgan fingerprint density at radius 2 is 0.824 bits per heavy atom. The highest BCUT2D eigenvalue weighted by molar-refractivity contribution is 6.17. The zero-order chi connectivity index (χ0) is 48.7. The maximum Gasteiger partial charge on any atom is 0.0714 e. The van der Waals surface area contributed by atoms with Crippen LogP contribution in [0.3, 0.4) is 0 Å². The molecule has 0 bridgehead atoms. The second-order valence-corrected chi connectivity index (χ2v) is 19.6. The third kappa shape index (κ3) is 6.20. The van der Waals surface area contributed by atoms with Crippen LogP contribution in [0.4, 0.5) is 34.1 Å². The van der Waals surface area contributed by atoms with Crippen LogP contribution in [0.5, 0.6) is 0 Å². The van der Waals surface area contributed by atoms with Gasteiger partial charge >= 0.3 is 0 Å². The van der Waals surface area contributed by atoms with Gasteiger partial charge in [0.2, 0.25) is 0 Å². The highest BCUT2D eigenvalue weighted by Gasteiger charge is 2.46. The zero-order valence-corrected chi connectivity index (χ0v) is 40.5. The zero-order valence-electron chi connectivity index (χ0n) is 40.5. The number of aromatic nitrogens is 1. The molecular formula is C71H47N3. The molecule has 13 aromatic rings. The molecule has 3 heteroatoms. The van der Waals surface area contributed by atoms with Crippen LogP contribution in [-0.4, -0.2) is 4.57 Å². The Labute approximate surface area is 430 Å². The van der Waals surface area contributed by atoms with E-state index >= 15 is 0 Å². The molecule has 0 spiro atoms. The van der Waals surface area contributed by atoms with E-state index in [9.17, 15) is 0 Å². The van der Waals surface area contributed by atoms with Crippen LogP contribution in [0.25, 0.3) is 71.6 Å². The molecule has 0 atom stereocenters. The molecule has 12 aromatic carbocycles. The van der Waals surface area contributed by atoms with Gasteiger partial charge in [0.1, 0.15) is 0 Å². The first-order chi connectivity index (χ1) is 36.7. The molecule has 0 saturated carbocycles. The van der Waals surface area contributed by atoms with E-state index in [0.717, 1.165) is 28.4 Å². The van der Waals surface area contributed by atoms with Gasteiger partial charge in [-0.05, 0) is 140 Å². The lowest BCUT2D eigenvalue weighted by Gasteiger charge is -2.35. The molecule has 0 saturated heterocycles. The highest BCUT2D eigenvalue weighted by Crippen LogP contribution is 2.58. The standard InChI is InChI=1S/C71H47N3/c1-5-20-49(21-6-1)71(50-22-7-2-8-23-50)64-32-16-13-28-57(64)58-42-40-55(47-65(58)71)72(54-41-45-68-63(46-54)60-30-15-18-34-67(60)73(68)51-24-9-3-10-25-51)53-38-36-48(37-39-53)56-43-44-62-59-29-14-17-33-66(59)74(52-26-11-4-12-27-52)69-35-19-31-61(56)70(62)69/h1-47H. The summed E-state index contributed by atoms with van der Waals surface area (Å²) in [4.78, 5) is 4.89. The number of hydrogen-bond donors (Lipinski definition) is 0. The molecule has 2 heterocycles. The second-order valence-electron chi connectivity index (χ2n) is 19.6. The first kappa shape index (κ1) is 42.0. The molecule has 1 aliphatic carbocycles. The number of para-hydroxylation sites is 4. The average Bonchev–Trinajstić information content (AvgIpc) is 3.97. The maximum atomic E-state index is 2.48. The predicted molar refractivity (Wildman–Crippen MR) is 309 cm³/mol. The molecule has 0 fully saturated rings. The smallest absolute Gasteiger partial charge is 0.0714 e. The third-order valence-electron chi connectivity index (χ3n) is 15.8. The number of fused-ring (bicyclic) bond motifs is 8. The van der Waals surface area contributed by atoms with E-state index in [2.05, 4.69) is 299 Å². The average molecular weight is 942 g/mol. The Balaban J connectivity index is 0.937. The molecule has 0 N–H and O–H groups in total. The first-order valence-corrected chi connectivity index (χ1v) is 25.6. The van der Waals surface area contributed by atoms with E-state index in [-0.39, 0.29) is 0 Å². The van der Waals surface area contributed by atoms with Crippen molar-refractivity contribution in [2.75, 3.05) is 9.80 Å². The molecule has 3 nitrogen and oxygen atoms in total. The van der Waals surface area contributed by atoms with Crippen LogP contribution < -0.4 is 9.80 Å². The number of anilines is 6. The van der Waals surface area contributed by atoms with Gasteiger partial charge in [0, 0.05) is 50.2 Å². The van der Waals surface area contributed by atoms with Crippen molar-refractivity contribution in [1.29, 1.82) is 0 Å². The minimum atomic E-state index is -0.543. The van der Waals surface area contributed by atoms with Gasteiger partial charge in [0.25, 0.3) is 0 Å². The Morgan fingerprint density at radius 1 is 0.297 bits per heavy atom. The summed E-state index contributed by atoms with van der Waals surface area (Å²) in [5, 5.41) is 4.92. The topological polar surface area (TPSA) is 11.4 Å². The summed E-state index contributed by atoms with van der Waals surface area (Å²) >= 11 is 0. The lowest BCUT2D eigenvalue weighted by molar-refractivity contribution is 0.768. The van der Waals surface area contributed by atoms with E-state index in [1.54, 1.807) is 0 Å². The highest BCUT2D eigenvalue weighted by atomic mass is 15.2. The fourth-order valence-electron chi connectivity index (χ4n) is 12.7. The van der Waals surface area contributed by atoms with E-state index in [1.165, 1.54) is 99.6 Å². The molecule has 0 unspecified atom stereocenters. The summed E-state index contributed by atoms with van der Waals surface area (Å²) in [6, 6.07) is 105. The summed E-state index contributed by atoms with van der Waals surface area (Å²) in [5.41, 5.74) is 22.2. The van der Waals surface area contributed by atoms with Crippen molar-refractivity contribution in [2.45, 2.75) is 5.41 Å². The maximum absolute atomic E-state index is 2.48. The Hall–Kier alpha value is -9.70. The molecule has 1 aromatic heterocycles. The van der Waals surface area contributed by atoms with Gasteiger partial charge in [-0.2, -0.15) is 0 Å². The number of benzene rings is 12. The Bertz CT molecular complexity index is 4250. The van der Waals surface area contributed by atoms with Crippen molar-refractivity contribution >= 4 is 66.7 Å². The SMILES string of the molecule is c1ccc(N2c3ccccc3-c3ccc(-c4ccc(N(c5ccc6c(c5)C(c5ccccc5)(c5ccccc5)c5ccccc5-6)c5ccc6c(c5)c5ccccc5n6-c5ccccc5)cc4)c4cccc2c34)cc1. The number of rotatable bonds is 8. The molecule has 346 valence electrons. The van der Waals surface area contributed by atoms with E-state index in [4.69, 9.17) is 0 Å². The van der Waals surface area contributed by atoms with Gasteiger partial charge in [-0.3, -0.25) is 0 Å². The van der Waals surface area contributed by atoms with Gasteiger partial charge in [-0.15, -0.1) is 0 Å². The molecule has 0 radical (unpaired) electrons. The minimum Gasteiger partial charge on any atom is -0.310 e. The van der Waals surface area contributed by atoms with Crippen molar-refractivity contribution in [1.82, 2.24) is 4.57 Å². The molecule has 74 heavy (non-hydrogen) atoms. The van der Waals surface area contributed by atoms with Crippen molar-refractivity contribution in [3.05, 3.63) is 307 Å². The van der Waals surface area contributed by atoms with Crippen molar-refractivity contribution in [2.24, 2.45) is 0 Å². The monoisotopic (exact) mass is 941 g/mol.